The number of carbonyl (C=O) groups excluding carboxylic acids is 2. The van der Waals surface area contributed by atoms with Crippen LogP contribution in [0.4, 0.5) is 5.69 Å². The maximum atomic E-state index is 13.1. The molecule has 2 fully saturated rings. The predicted molar refractivity (Wildman–Crippen MR) is 114 cm³/mol. The van der Waals surface area contributed by atoms with Gasteiger partial charge in [-0.25, -0.2) is 9.88 Å². The number of carbonyl (C=O) groups is 2. The van der Waals surface area contributed by atoms with Crippen LogP contribution in [0.5, 0.6) is 0 Å². The second kappa shape index (κ2) is 7.35. The summed E-state index contributed by atoms with van der Waals surface area (Å²) in [4.78, 5) is 33.2. The van der Waals surface area contributed by atoms with Gasteiger partial charge in [-0.05, 0) is 36.8 Å². The average Bonchev–Trinajstić information content (AvgIpc) is 3.29. The Hall–Kier alpha value is -2.57. The lowest BCUT2D eigenvalue weighted by molar-refractivity contribution is -0.920. The van der Waals surface area contributed by atoms with Crippen LogP contribution in [-0.2, 0) is 9.59 Å². The summed E-state index contributed by atoms with van der Waals surface area (Å²) in [6.07, 6.45) is 2.34. The molecule has 2 aliphatic rings. The van der Waals surface area contributed by atoms with Gasteiger partial charge in [0.25, 0.3) is 5.91 Å². The maximum Gasteiger partial charge on any atom is 0.292 e. The third-order valence-electron chi connectivity index (χ3n) is 6.19. The normalized spacial score (nSPS) is 25.1. The molecule has 148 valence electrons. The monoisotopic (exact) mass is 406 g/mol. The largest absolute Gasteiger partial charge is 0.324 e. The number of aryl methyl sites for hydroxylation is 1. The molecule has 2 amide bonds. The number of anilines is 1. The minimum atomic E-state index is -0.251. The number of nitrogens with zero attached hydrogens (tertiary/aromatic N) is 2. The van der Waals surface area contributed by atoms with Crippen LogP contribution in [0.3, 0.4) is 0 Å². The van der Waals surface area contributed by atoms with Gasteiger partial charge < -0.3 is 4.90 Å². The molecule has 2 aromatic carbocycles. The van der Waals surface area contributed by atoms with Crippen LogP contribution in [-0.4, -0.2) is 35.9 Å². The van der Waals surface area contributed by atoms with E-state index in [1.165, 1.54) is 19.5 Å². The summed E-state index contributed by atoms with van der Waals surface area (Å²) < 4.78 is 1.24. The van der Waals surface area contributed by atoms with E-state index in [9.17, 15) is 9.59 Å². The highest BCUT2D eigenvalue weighted by Crippen LogP contribution is 2.32. The third kappa shape index (κ3) is 3.36. The molecule has 6 heteroatoms. The minimum Gasteiger partial charge on any atom is -0.324 e. The molecule has 5 nitrogen and oxygen atoms in total. The standard InChI is InChI=1S/C23H23N3O2S/c1-15-5-4-6-17(13-15)26-21(27)14-19(23(26)28)25-11-9-16(10-12-25)22-24-18-7-2-3-8-20(18)29-22/h2-8,13,16,19H,9-12,14H2,1H3/p+1/t19-/m0/s1. The van der Waals surface area contributed by atoms with Gasteiger partial charge in [0.05, 0.1) is 40.4 Å². The molecule has 0 saturated carbocycles. The molecule has 0 unspecified atom stereocenters. The van der Waals surface area contributed by atoms with Crippen molar-refractivity contribution in [1.29, 1.82) is 0 Å². The second-order valence-corrected chi connectivity index (χ2v) is 9.18. The van der Waals surface area contributed by atoms with Crippen molar-refractivity contribution >= 4 is 39.1 Å². The van der Waals surface area contributed by atoms with Gasteiger partial charge in [0.1, 0.15) is 0 Å². The molecule has 29 heavy (non-hydrogen) atoms. The number of hydrogen-bond donors (Lipinski definition) is 1. The summed E-state index contributed by atoms with van der Waals surface area (Å²) in [5.41, 5.74) is 2.83. The summed E-state index contributed by atoms with van der Waals surface area (Å²) in [5.74, 6) is 0.330. The quantitative estimate of drug-likeness (QED) is 0.681. The minimum absolute atomic E-state index is 0.0472. The van der Waals surface area contributed by atoms with E-state index in [0.29, 0.717) is 18.0 Å². The second-order valence-electron chi connectivity index (χ2n) is 8.12. The van der Waals surface area contributed by atoms with Crippen molar-refractivity contribution in [3.05, 3.63) is 59.1 Å². The van der Waals surface area contributed by atoms with Crippen LogP contribution >= 0.6 is 11.3 Å². The van der Waals surface area contributed by atoms with E-state index in [1.54, 1.807) is 11.3 Å². The van der Waals surface area contributed by atoms with Crippen molar-refractivity contribution in [2.24, 2.45) is 0 Å². The van der Waals surface area contributed by atoms with E-state index in [4.69, 9.17) is 4.98 Å². The van der Waals surface area contributed by atoms with Crippen LogP contribution in [0.2, 0.25) is 0 Å². The fourth-order valence-corrected chi connectivity index (χ4v) is 5.77. The number of aromatic nitrogens is 1. The molecule has 1 atom stereocenters. The van der Waals surface area contributed by atoms with Crippen LogP contribution in [0.25, 0.3) is 10.2 Å². The summed E-state index contributed by atoms with van der Waals surface area (Å²) >= 11 is 1.79. The Kier molecular flexibility index (Phi) is 4.68. The summed E-state index contributed by atoms with van der Waals surface area (Å²) in [7, 11) is 0. The molecule has 0 spiro atoms. The number of thiazole rings is 1. The number of quaternary nitrogens is 1. The Morgan fingerprint density at radius 2 is 1.86 bits per heavy atom. The lowest BCUT2D eigenvalue weighted by Gasteiger charge is -2.31. The van der Waals surface area contributed by atoms with Gasteiger partial charge >= 0.3 is 0 Å². The average molecular weight is 407 g/mol. The number of rotatable bonds is 3. The highest BCUT2D eigenvalue weighted by atomic mass is 32.1. The molecule has 5 rings (SSSR count). The van der Waals surface area contributed by atoms with E-state index in [2.05, 4.69) is 18.2 Å². The van der Waals surface area contributed by atoms with E-state index in [0.717, 1.165) is 37.0 Å². The summed E-state index contributed by atoms with van der Waals surface area (Å²) in [5, 5.41) is 1.21. The van der Waals surface area contributed by atoms with Crippen molar-refractivity contribution in [2.45, 2.75) is 38.1 Å². The van der Waals surface area contributed by atoms with Gasteiger partial charge in [0, 0.05) is 18.8 Å². The van der Waals surface area contributed by atoms with Crippen molar-refractivity contribution in [3.63, 3.8) is 0 Å². The zero-order valence-electron chi connectivity index (χ0n) is 16.4. The fourth-order valence-electron chi connectivity index (χ4n) is 4.64. The van der Waals surface area contributed by atoms with Crippen molar-refractivity contribution < 1.29 is 14.5 Å². The first-order valence-corrected chi connectivity index (χ1v) is 11.1. The maximum absolute atomic E-state index is 13.1. The Labute approximate surface area is 174 Å². The highest BCUT2D eigenvalue weighted by Gasteiger charge is 2.46. The molecule has 3 heterocycles. The summed E-state index contributed by atoms with van der Waals surface area (Å²) in [6, 6.07) is 15.7. The Morgan fingerprint density at radius 3 is 2.62 bits per heavy atom. The van der Waals surface area contributed by atoms with Gasteiger partial charge in [0.2, 0.25) is 5.91 Å². The van der Waals surface area contributed by atoms with Crippen LogP contribution in [0, 0.1) is 6.92 Å². The fraction of sp³-hybridized carbons (Fsp3) is 0.348. The molecule has 1 aromatic heterocycles. The number of hydrogen-bond acceptors (Lipinski definition) is 4. The Bertz CT molecular complexity index is 1050. The SMILES string of the molecule is Cc1cccc(N2C(=O)C[C@H]([NH+]3CCC(c4nc5ccccc5s4)CC3)C2=O)c1. The first-order chi connectivity index (χ1) is 14.1. The molecule has 2 aliphatic heterocycles. The number of nitrogens with one attached hydrogen (secondary N) is 1. The number of fused-ring (bicyclic) bond motifs is 1. The smallest absolute Gasteiger partial charge is 0.292 e. The molecule has 0 bridgehead atoms. The lowest BCUT2D eigenvalue weighted by atomic mass is 9.96. The molecule has 0 aliphatic carbocycles. The van der Waals surface area contributed by atoms with Gasteiger partial charge in [0.15, 0.2) is 6.04 Å². The van der Waals surface area contributed by atoms with Crippen molar-refractivity contribution in [3.8, 4) is 0 Å². The third-order valence-corrected chi connectivity index (χ3v) is 7.39. The van der Waals surface area contributed by atoms with Gasteiger partial charge in [-0.3, -0.25) is 9.59 Å². The van der Waals surface area contributed by atoms with E-state index >= 15 is 0 Å². The van der Waals surface area contributed by atoms with Gasteiger partial charge in [-0.1, -0.05) is 24.3 Å². The number of piperidine rings is 1. The first-order valence-electron chi connectivity index (χ1n) is 10.2. The van der Waals surface area contributed by atoms with Crippen LogP contribution < -0.4 is 9.80 Å². The van der Waals surface area contributed by atoms with Gasteiger partial charge in [-0.2, -0.15) is 0 Å². The number of para-hydroxylation sites is 1. The molecular formula is C23H24N3O2S+. The number of amides is 2. The lowest BCUT2D eigenvalue weighted by Crippen LogP contribution is -3.17. The van der Waals surface area contributed by atoms with Crippen molar-refractivity contribution in [2.75, 3.05) is 18.0 Å². The van der Waals surface area contributed by atoms with E-state index in [1.807, 2.05) is 37.3 Å². The molecule has 2 saturated heterocycles. The zero-order chi connectivity index (χ0) is 20.0. The topological polar surface area (TPSA) is 54.7 Å². The van der Waals surface area contributed by atoms with E-state index < -0.39 is 0 Å². The molecule has 0 radical (unpaired) electrons. The Morgan fingerprint density at radius 1 is 1.07 bits per heavy atom. The summed E-state index contributed by atoms with van der Waals surface area (Å²) in [6.45, 7) is 3.79. The highest BCUT2D eigenvalue weighted by molar-refractivity contribution is 7.18. The molecule has 3 aromatic rings. The number of imide groups is 1. The van der Waals surface area contributed by atoms with Gasteiger partial charge in [-0.15, -0.1) is 11.3 Å². The number of benzene rings is 2. The molecule has 1 N–H and O–H groups in total. The first kappa shape index (κ1) is 18.5. The number of likely N-dealkylation sites (tertiary alicyclic amines) is 1. The zero-order valence-corrected chi connectivity index (χ0v) is 17.2. The predicted octanol–water partition coefficient (Wildman–Crippen LogP) is 2.70. The van der Waals surface area contributed by atoms with Crippen LogP contribution in [0.15, 0.2) is 48.5 Å². The van der Waals surface area contributed by atoms with E-state index in [-0.39, 0.29) is 17.9 Å². The Balaban J connectivity index is 1.28. The molecular weight excluding hydrogens is 382 g/mol. The van der Waals surface area contributed by atoms with Crippen LogP contribution in [0.1, 0.15) is 35.8 Å². The van der Waals surface area contributed by atoms with Crippen molar-refractivity contribution in [1.82, 2.24) is 4.98 Å².